The summed E-state index contributed by atoms with van der Waals surface area (Å²) in [7, 11) is 0. The number of aliphatic carboxylic acids is 1. The standard InChI is InChI=1S/C20H14F6N2O3/c21-19(22,23)14-5-13(6-15(9-14)20(24,25)26)8-17(29)28-16(18(30)31)7-11-2-1-3-12(4-11)10-27/h1-6,9,16H,7-8H2,(H,28,29)(H,30,31)/t16-/m1/s1. The molecule has 0 radical (unpaired) electrons. The van der Waals surface area contributed by atoms with Gasteiger partial charge >= 0.3 is 18.3 Å². The van der Waals surface area contributed by atoms with Gasteiger partial charge < -0.3 is 10.4 Å². The average Bonchev–Trinajstić information content (AvgIpc) is 2.66. The van der Waals surface area contributed by atoms with Crippen LogP contribution in [0.5, 0.6) is 0 Å². The number of nitrogens with zero attached hydrogens (tertiary/aromatic N) is 1. The minimum atomic E-state index is -5.07. The predicted molar refractivity (Wildman–Crippen MR) is 94.6 cm³/mol. The highest BCUT2D eigenvalue weighted by Gasteiger charge is 2.37. The molecule has 0 aliphatic rings. The summed E-state index contributed by atoms with van der Waals surface area (Å²) in [5.41, 5.74) is -3.08. The zero-order chi connectivity index (χ0) is 23.4. The smallest absolute Gasteiger partial charge is 0.416 e. The number of benzene rings is 2. The molecule has 11 heteroatoms. The molecule has 0 aromatic heterocycles. The molecule has 1 amide bonds. The Kier molecular flexibility index (Phi) is 6.95. The fraction of sp³-hybridized carbons (Fsp3) is 0.250. The lowest BCUT2D eigenvalue weighted by atomic mass is 10.0. The zero-order valence-corrected chi connectivity index (χ0v) is 15.5. The number of amides is 1. The number of rotatable bonds is 6. The molecule has 2 aromatic carbocycles. The molecule has 1 atom stereocenters. The van der Waals surface area contributed by atoms with Crippen LogP contribution in [-0.2, 0) is 34.8 Å². The maximum Gasteiger partial charge on any atom is 0.416 e. The van der Waals surface area contributed by atoms with Gasteiger partial charge in [-0.3, -0.25) is 4.79 Å². The highest BCUT2D eigenvalue weighted by Crippen LogP contribution is 2.36. The van der Waals surface area contributed by atoms with Crippen molar-refractivity contribution in [3.63, 3.8) is 0 Å². The van der Waals surface area contributed by atoms with E-state index in [0.29, 0.717) is 17.7 Å². The summed E-state index contributed by atoms with van der Waals surface area (Å²) in [6.07, 6.45) is -11.3. The summed E-state index contributed by atoms with van der Waals surface area (Å²) in [5, 5.41) is 20.3. The first-order valence-electron chi connectivity index (χ1n) is 8.59. The third-order valence-corrected chi connectivity index (χ3v) is 4.14. The lowest BCUT2D eigenvalue weighted by Gasteiger charge is -2.16. The number of nitrogens with one attached hydrogen (secondary N) is 1. The van der Waals surface area contributed by atoms with Crippen LogP contribution in [0.2, 0.25) is 0 Å². The van der Waals surface area contributed by atoms with E-state index in [-0.39, 0.29) is 18.1 Å². The van der Waals surface area contributed by atoms with E-state index >= 15 is 0 Å². The van der Waals surface area contributed by atoms with Gasteiger partial charge in [-0.1, -0.05) is 12.1 Å². The fourth-order valence-corrected chi connectivity index (χ4v) is 2.76. The third kappa shape index (κ3) is 6.74. The van der Waals surface area contributed by atoms with Crippen LogP contribution in [-0.4, -0.2) is 23.0 Å². The van der Waals surface area contributed by atoms with Crippen molar-refractivity contribution in [3.05, 3.63) is 70.3 Å². The molecule has 0 bridgehead atoms. The molecule has 0 aliphatic heterocycles. The molecule has 164 valence electrons. The van der Waals surface area contributed by atoms with E-state index in [9.17, 15) is 41.0 Å². The quantitative estimate of drug-likeness (QED) is 0.661. The number of hydrogen-bond acceptors (Lipinski definition) is 3. The SMILES string of the molecule is N#Cc1cccc(C[C@@H](NC(=O)Cc2cc(C(F)(F)F)cc(C(F)(F)F)c2)C(=O)O)c1. The first-order chi connectivity index (χ1) is 14.3. The lowest BCUT2D eigenvalue weighted by molar-refractivity contribution is -0.143. The van der Waals surface area contributed by atoms with Crippen LogP contribution in [0.25, 0.3) is 0 Å². The largest absolute Gasteiger partial charge is 0.480 e. The highest BCUT2D eigenvalue weighted by molar-refractivity contribution is 5.85. The molecule has 0 saturated carbocycles. The number of nitriles is 1. The molecule has 0 aliphatic carbocycles. The molecular weight excluding hydrogens is 430 g/mol. The number of alkyl halides is 6. The Balaban J connectivity index is 2.22. The van der Waals surface area contributed by atoms with Crippen molar-refractivity contribution in [3.8, 4) is 6.07 Å². The molecule has 2 rings (SSSR count). The first-order valence-corrected chi connectivity index (χ1v) is 8.59. The Morgan fingerprint density at radius 3 is 2.03 bits per heavy atom. The number of carbonyl (C=O) groups excluding carboxylic acids is 1. The van der Waals surface area contributed by atoms with Gasteiger partial charge in [0.25, 0.3) is 0 Å². The summed E-state index contributed by atoms with van der Waals surface area (Å²) in [5.74, 6) is -2.54. The molecule has 0 fully saturated rings. The third-order valence-electron chi connectivity index (χ3n) is 4.14. The van der Waals surface area contributed by atoms with Crippen molar-refractivity contribution in [2.45, 2.75) is 31.2 Å². The molecule has 2 aromatic rings. The van der Waals surface area contributed by atoms with Crippen LogP contribution >= 0.6 is 0 Å². The van der Waals surface area contributed by atoms with E-state index in [1.807, 2.05) is 6.07 Å². The van der Waals surface area contributed by atoms with Gasteiger partial charge in [0.2, 0.25) is 5.91 Å². The van der Waals surface area contributed by atoms with Crippen molar-refractivity contribution >= 4 is 11.9 Å². The minimum Gasteiger partial charge on any atom is -0.480 e. The first kappa shape index (κ1) is 23.7. The van der Waals surface area contributed by atoms with Gasteiger partial charge in [-0.25, -0.2) is 4.79 Å². The molecule has 5 nitrogen and oxygen atoms in total. The summed E-state index contributed by atoms with van der Waals surface area (Å²) >= 11 is 0. The number of carbonyl (C=O) groups is 2. The van der Waals surface area contributed by atoms with Crippen molar-refractivity contribution in [2.24, 2.45) is 0 Å². The number of carboxylic acids is 1. The van der Waals surface area contributed by atoms with Gasteiger partial charge in [-0.2, -0.15) is 31.6 Å². The maximum atomic E-state index is 12.9. The number of carboxylic acid groups (broad SMARTS) is 1. The Morgan fingerprint density at radius 2 is 1.55 bits per heavy atom. The summed E-state index contributed by atoms with van der Waals surface area (Å²) < 4.78 is 77.6. The van der Waals surface area contributed by atoms with Crippen molar-refractivity contribution in [1.82, 2.24) is 5.32 Å². The van der Waals surface area contributed by atoms with E-state index in [2.05, 4.69) is 5.32 Å². The van der Waals surface area contributed by atoms with Gasteiger partial charge in [0.1, 0.15) is 6.04 Å². The zero-order valence-electron chi connectivity index (χ0n) is 15.5. The van der Waals surface area contributed by atoms with Gasteiger partial charge in [0.05, 0.1) is 29.2 Å². The van der Waals surface area contributed by atoms with Crippen LogP contribution in [0.3, 0.4) is 0 Å². The van der Waals surface area contributed by atoms with Gasteiger partial charge in [-0.05, 0) is 41.5 Å². The van der Waals surface area contributed by atoms with E-state index in [4.69, 9.17) is 5.26 Å². The van der Waals surface area contributed by atoms with Gasteiger partial charge in [0.15, 0.2) is 0 Å². The van der Waals surface area contributed by atoms with Crippen LogP contribution in [0, 0.1) is 11.3 Å². The lowest BCUT2D eigenvalue weighted by Crippen LogP contribution is -2.43. The average molecular weight is 444 g/mol. The normalized spacial score (nSPS) is 12.7. The monoisotopic (exact) mass is 444 g/mol. The van der Waals surface area contributed by atoms with Crippen molar-refractivity contribution in [2.75, 3.05) is 0 Å². The Morgan fingerprint density at radius 1 is 0.968 bits per heavy atom. The molecule has 0 unspecified atom stereocenters. The molecule has 0 saturated heterocycles. The molecule has 31 heavy (non-hydrogen) atoms. The molecule has 0 spiro atoms. The fourth-order valence-electron chi connectivity index (χ4n) is 2.76. The van der Waals surface area contributed by atoms with Crippen molar-refractivity contribution in [1.29, 1.82) is 5.26 Å². The summed E-state index contributed by atoms with van der Waals surface area (Å²) in [6.45, 7) is 0. The Labute approximate surface area is 171 Å². The van der Waals surface area contributed by atoms with Gasteiger partial charge in [0, 0.05) is 6.42 Å². The minimum absolute atomic E-state index is 0.0658. The van der Waals surface area contributed by atoms with Gasteiger partial charge in [-0.15, -0.1) is 0 Å². The summed E-state index contributed by atoms with van der Waals surface area (Å²) in [6, 6.07) is 6.97. The molecular formula is C20H14F6N2O3. The van der Waals surface area contributed by atoms with Crippen LogP contribution in [0.1, 0.15) is 27.8 Å². The predicted octanol–water partition coefficient (Wildman–Crippen LogP) is 3.95. The Hall–Kier alpha value is -3.55. The second-order valence-electron chi connectivity index (χ2n) is 6.57. The maximum absolute atomic E-state index is 12.9. The molecule has 2 N–H and O–H groups in total. The van der Waals surface area contributed by atoms with Crippen LogP contribution < -0.4 is 5.32 Å². The number of hydrogen-bond donors (Lipinski definition) is 2. The van der Waals surface area contributed by atoms with E-state index < -0.39 is 53.4 Å². The van der Waals surface area contributed by atoms with E-state index in [0.717, 1.165) is 0 Å². The summed E-state index contributed by atoms with van der Waals surface area (Å²) in [4.78, 5) is 23.6. The van der Waals surface area contributed by atoms with E-state index in [1.165, 1.54) is 24.3 Å². The molecule has 0 heterocycles. The second kappa shape index (κ2) is 9.07. The highest BCUT2D eigenvalue weighted by atomic mass is 19.4. The van der Waals surface area contributed by atoms with E-state index in [1.54, 1.807) is 0 Å². The number of halogens is 6. The van der Waals surface area contributed by atoms with Crippen LogP contribution in [0.4, 0.5) is 26.3 Å². The van der Waals surface area contributed by atoms with Crippen LogP contribution in [0.15, 0.2) is 42.5 Å². The second-order valence-corrected chi connectivity index (χ2v) is 6.57. The topological polar surface area (TPSA) is 90.2 Å². The van der Waals surface area contributed by atoms with Crippen molar-refractivity contribution < 1.29 is 41.0 Å². The Bertz CT molecular complexity index is 993.